The molecule has 2 aromatic rings. The summed E-state index contributed by atoms with van der Waals surface area (Å²) in [4.78, 5) is 23.3. The van der Waals surface area contributed by atoms with Crippen molar-refractivity contribution in [2.45, 2.75) is 32.6 Å². The number of aryl methyl sites for hydroxylation is 2. The van der Waals surface area contributed by atoms with E-state index in [1.807, 2.05) is 30.3 Å². The van der Waals surface area contributed by atoms with Gasteiger partial charge >= 0.3 is 0 Å². The number of benzene rings is 2. The number of amides is 2. The van der Waals surface area contributed by atoms with Gasteiger partial charge in [0.05, 0.1) is 6.42 Å². The fourth-order valence-electron chi connectivity index (χ4n) is 3.01. The lowest BCUT2D eigenvalue weighted by molar-refractivity contribution is -0.121. The fraction of sp³-hybridized carbons (Fsp3) is 0.300. The summed E-state index contributed by atoms with van der Waals surface area (Å²) < 4.78 is 0. The predicted molar refractivity (Wildman–Crippen MR) is 95.0 cm³/mol. The zero-order valence-electron chi connectivity index (χ0n) is 13.9. The number of carbonyl (C=O) groups excluding carboxylic acids is 2. The van der Waals surface area contributed by atoms with E-state index in [-0.39, 0.29) is 11.8 Å². The van der Waals surface area contributed by atoms with Gasteiger partial charge in [0.15, 0.2) is 0 Å². The SMILES string of the molecule is Cc1ccccc1CCC(=O)NCCc1ccc2c(c1)CC(=O)N2. The van der Waals surface area contributed by atoms with Gasteiger partial charge in [0, 0.05) is 18.7 Å². The van der Waals surface area contributed by atoms with Gasteiger partial charge in [-0.3, -0.25) is 9.59 Å². The molecule has 4 heteroatoms. The zero-order valence-corrected chi connectivity index (χ0v) is 13.9. The van der Waals surface area contributed by atoms with Crippen LogP contribution in [0.3, 0.4) is 0 Å². The highest BCUT2D eigenvalue weighted by Crippen LogP contribution is 2.23. The summed E-state index contributed by atoms with van der Waals surface area (Å²) in [7, 11) is 0. The van der Waals surface area contributed by atoms with E-state index in [1.165, 1.54) is 11.1 Å². The molecule has 1 aliphatic rings. The molecule has 24 heavy (non-hydrogen) atoms. The van der Waals surface area contributed by atoms with E-state index in [0.717, 1.165) is 29.7 Å². The first-order valence-electron chi connectivity index (χ1n) is 8.34. The number of rotatable bonds is 6. The largest absolute Gasteiger partial charge is 0.356 e. The molecule has 0 spiro atoms. The molecule has 0 aromatic heterocycles. The Hall–Kier alpha value is -2.62. The topological polar surface area (TPSA) is 58.2 Å². The molecule has 0 bridgehead atoms. The second-order valence-corrected chi connectivity index (χ2v) is 6.24. The van der Waals surface area contributed by atoms with Crippen molar-refractivity contribution in [2.24, 2.45) is 0 Å². The minimum Gasteiger partial charge on any atom is -0.356 e. The lowest BCUT2D eigenvalue weighted by atomic mass is 10.0. The van der Waals surface area contributed by atoms with Gasteiger partial charge in [0.1, 0.15) is 0 Å². The highest BCUT2D eigenvalue weighted by Gasteiger charge is 2.17. The molecule has 0 radical (unpaired) electrons. The van der Waals surface area contributed by atoms with Gasteiger partial charge in [-0.2, -0.15) is 0 Å². The van der Waals surface area contributed by atoms with E-state index in [9.17, 15) is 9.59 Å². The molecule has 1 aliphatic heterocycles. The lowest BCUT2D eigenvalue weighted by Gasteiger charge is -2.08. The summed E-state index contributed by atoms with van der Waals surface area (Å²) in [5, 5.41) is 5.80. The molecular formula is C20H22N2O2. The second-order valence-electron chi connectivity index (χ2n) is 6.24. The second kappa shape index (κ2) is 7.30. The Balaban J connectivity index is 1.43. The standard InChI is InChI=1S/C20H22N2O2/c1-14-4-2-3-5-16(14)7-9-19(23)21-11-10-15-6-8-18-17(12-15)13-20(24)22-18/h2-6,8,12H,7,9-11,13H2,1H3,(H,21,23)(H,22,24). The van der Waals surface area contributed by atoms with Crippen molar-refractivity contribution >= 4 is 17.5 Å². The van der Waals surface area contributed by atoms with Crippen LogP contribution in [0.5, 0.6) is 0 Å². The third-order valence-electron chi connectivity index (χ3n) is 4.41. The molecule has 1 heterocycles. The number of fused-ring (bicyclic) bond motifs is 1. The number of anilines is 1. The van der Waals surface area contributed by atoms with E-state index < -0.39 is 0 Å². The van der Waals surface area contributed by atoms with Crippen molar-refractivity contribution in [2.75, 3.05) is 11.9 Å². The summed E-state index contributed by atoms with van der Waals surface area (Å²) in [5.41, 5.74) is 5.55. The van der Waals surface area contributed by atoms with Crippen molar-refractivity contribution < 1.29 is 9.59 Å². The maximum Gasteiger partial charge on any atom is 0.228 e. The summed E-state index contributed by atoms with van der Waals surface area (Å²) in [6, 6.07) is 14.2. The minimum absolute atomic E-state index is 0.0478. The van der Waals surface area contributed by atoms with Crippen LogP contribution < -0.4 is 10.6 Å². The molecule has 0 unspecified atom stereocenters. The Morgan fingerprint density at radius 2 is 2.00 bits per heavy atom. The predicted octanol–water partition coefficient (Wildman–Crippen LogP) is 2.78. The molecule has 0 saturated heterocycles. The van der Waals surface area contributed by atoms with E-state index >= 15 is 0 Å². The third-order valence-corrected chi connectivity index (χ3v) is 4.41. The molecule has 0 saturated carbocycles. The number of nitrogens with one attached hydrogen (secondary N) is 2. The highest BCUT2D eigenvalue weighted by atomic mass is 16.2. The van der Waals surface area contributed by atoms with Crippen LogP contribution in [0.2, 0.25) is 0 Å². The summed E-state index contributed by atoms with van der Waals surface area (Å²) in [6.07, 6.45) is 2.50. The van der Waals surface area contributed by atoms with E-state index in [1.54, 1.807) is 0 Å². The first-order valence-corrected chi connectivity index (χ1v) is 8.34. The van der Waals surface area contributed by atoms with Crippen LogP contribution >= 0.6 is 0 Å². The molecule has 0 aliphatic carbocycles. The van der Waals surface area contributed by atoms with Crippen LogP contribution in [0, 0.1) is 6.92 Å². The van der Waals surface area contributed by atoms with Crippen LogP contribution in [-0.4, -0.2) is 18.4 Å². The maximum atomic E-state index is 12.0. The summed E-state index contributed by atoms with van der Waals surface area (Å²) in [6.45, 7) is 2.69. The molecule has 0 fully saturated rings. The van der Waals surface area contributed by atoms with Crippen molar-refractivity contribution in [1.29, 1.82) is 0 Å². The zero-order chi connectivity index (χ0) is 16.9. The number of hydrogen-bond donors (Lipinski definition) is 2. The van der Waals surface area contributed by atoms with Gasteiger partial charge in [0.2, 0.25) is 11.8 Å². The molecule has 2 amide bonds. The van der Waals surface area contributed by atoms with Gasteiger partial charge in [-0.25, -0.2) is 0 Å². The minimum atomic E-state index is 0.0478. The van der Waals surface area contributed by atoms with Crippen molar-refractivity contribution in [3.8, 4) is 0 Å². The number of carbonyl (C=O) groups is 2. The summed E-state index contributed by atoms with van der Waals surface area (Å²) >= 11 is 0. The van der Waals surface area contributed by atoms with Gasteiger partial charge in [-0.15, -0.1) is 0 Å². The van der Waals surface area contributed by atoms with E-state index in [0.29, 0.717) is 19.4 Å². The molecule has 2 aromatic carbocycles. The quantitative estimate of drug-likeness (QED) is 0.859. The lowest BCUT2D eigenvalue weighted by Crippen LogP contribution is -2.25. The van der Waals surface area contributed by atoms with Gasteiger partial charge < -0.3 is 10.6 Å². The smallest absolute Gasteiger partial charge is 0.228 e. The van der Waals surface area contributed by atoms with Crippen molar-refractivity contribution in [3.63, 3.8) is 0 Å². The maximum absolute atomic E-state index is 12.0. The molecule has 4 nitrogen and oxygen atoms in total. The molecule has 124 valence electrons. The Kier molecular flexibility index (Phi) is 4.94. The molecule has 0 atom stereocenters. The van der Waals surface area contributed by atoms with Crippen molar-refractivity contribution in [3.05, 3.63) is 64.7 Å². The molecule has 2 N–H and O–H groups in total. The summed E-state index contributed by atoms with van der Waals surface area (Å²) in [5.74, 6) is 0.128. The van der Waals surface area contributed by atoms with Crippen LogP contribution in [0.4, 0.5) is 5.69 Å². The van der Waals surface area contributed by atoms with Crippen LogP contribution in [0.25, 0.3) is 0 Å². The Morgan fingerprint density at radius 1 is 1.17 bits per heavy atom. The Morgan fingerprint density at radius 3 is 2.83 bits per heavy atom. The van der Waals surface area contributed by atoms with Crippen molar-refractivity contribution in [1.82, 2.24) is 5.32 Å². The van der Waals surface area contributed by atoms with Gasteiger partial charge in [-0.1, -0.05) is 36.4 Å². The molecule has 3 rings (SSSR count). The van der Waals surface area contributed by atoms with Gasteiger partial charge in [-0.05, 0) is 48.1 Å². The molecular weight excluding hydrogens is 300 g/mol. The Labute approximate surface area is 142 Å². The first-order chi connectivity index (χ1) is 11.6. The fourth-order valence-corrected chi connectivity index (χ4v) is 3.01. The monoisotopic (exact) mass is 322 g/mol. The van der Waals surface area contributed by atoms with Crippen LogP contribution in [0.15, 0.2) is 42.5 Å². The Bertz CT molecular complexity index is 768. The average Bonchev–Trinajstić information content (AvgIpc) is 2.93. The van der Waals surface area contributed by atoms with E-state index in [2.05, 4.69) is 29.7 Å². The normalized spacial score (nSPS) is 12.6. The highest BCUT2D eigenvalue weighted by molar-refractivity contribution is 5.99. The van der Waals surface area contributed by atoms with E-state index in [4.69, 9.17) is 0 Å². The van der Waals surface area contributed by atoms with Crippen LogP contribution in [0.1, 0.15) is 28.7 Å². The first kappa shape index (κ1) is 16.2. The third kappa shape index (κ3) is 4.02. The average molecular weight is 322 g/mol. The van der Waals surface area contributed by atoms with Crippen LogP contribution in [-0.2, 0) is 28.9 Å². The number of hydrogen-bond acceptors (Lipinski definition) is 2. The van der Waals surface area contributed by atoms with Gasteiger partial charge in [0.25, 0.3) is 0 Å².